The molecular weight excluding hydrogens is 332 g/mol. The Balaban J connectivity index is 3.65. The zero-order chi connectivity index (χ0) is 20.0. The van der Waals surface area contributed by atoms with Gasteiger partial charge in [0.25, 0.3) is 0 Å². The third kappa shape index (κ3) is 18.5. The first-order chi connectivity index (χ1) is 13.2. The van der Waals surface area contributed by atoms with Crippen molar-refractivity contribution in [2.75, 3.05) is 6.61 Å². The highest BCUT2D eigenvalue weighted by atomic mass is 16.5. The lowest BCUT2D eigenvalue weighted by atomic mass is 10.1. The fourth-order valence-electron chi connectivity index (χ4n) is 2.20. The van der Waals surface area contributed by atoms with Gasteiger partial charge < -0.3 is 4.74 Å². The van der Waals surface area contributed by atoms with E-state index < -0.39 is 0 Å². The van der Waals surface area contributed by atoms with Crippen LogP contribution in [0, 0.1) is 5.92 Å². The van der Waals surface area contributed by atoms with Crippen molar-refractivity contribution in [1.29, 1.82) is 0 Å². The van der Waals surface area contributed by atoms with Crippen LogP contribution in [0.1, 0.15) is 65.7 Å². The molecule has 0 aromatic rings. The van der Waals surface area contributed by atoms with Crippen LogP contribution in [0.2, 0.25) is 0 Å². The van der Waals surface area contributed by atoms with E-state index in [0.717, 1.165) is 44.9 Å². The van der Waals surface area contributed by atoms with Crippen molar-refractivity contribution in [3.63, 3.8) is 0 Å². The van der Waals surface area contributed by atoms with E-state index in [1.54, 1.807) is 0 Å². The molecule has 0 aliphatic carbocycles. The molecule has 150 valence electrons. The number of hydrogen-bond donors (Lipinski definition) is 0. The number of carbonyl (C=O) groups is 1. The maximum absolute atomic E-state index is 11.5. The van der Waals surface area contributed by atoms with Crippen LogP contribution in [-0.4, -0.2) is 12.6 Å². The average molecular weight is 371 g/mol. The van der Waals surface area contributed by atoms with E-state index in [1.807, 2.05) is 13.8 Å². The first-order valence-corrected chi connectivity index (χ1v) is 10.3. The molecule has 27 heavy (non-hydrogen) atoms. The fraction of sp³-hybridized carbons (Fsp3) is 0.480. The summed E-state index contributed by atoms with van der Waals surface area (Å²) in [5.41, 5.74) is 0. The molecule has 0 bridgehead atoms. The number of hydrogen-bond acceptors (Lipinski definition) is 2. The molecule has 2 nitrogen and oxygen atoms in total. The molecule has 0 aliphatic heterocycles. The molecule has 0 aromatic carbocycles. The topological polar surface area (TPSA) is 26.3 Å². The molecule has 1 unspecified atom stereocenters. The summed E-state index contributed by atoms with van der Waals surface area (Å²) in [4.78, 5) is 11.5. The molecule has 0 spiro atoms. The van der Waals surface area contributed by atoms with Crippen molar-refractivity contribution in [1.82, 2.24) is 0 Å². The second-order valence-corrected chi connectivity index (χ2v) is 6.30. The van der Waals surface area contributed by atoms with Gasteiger partial charge in [-0.25, -0.2) is 0 Å². The number of ether oxygens (including phenoxy) is 1. The fourth-order valence-corrected chi connectivity index (χ4v) is 2.20. The Labute approximate surface area is 167 Å². The second-order valence-electron chi connectivity index (χ2n) is 6.30. The normalized spacial score (nSPS) is 14.0. The van der Waals surface area contributed by atoms with Gasteiger partial charge in [-0.15, -0.1) is 0 Å². The Hall–Kier alpha value is -2.09. The van der Waals surface area contributed by atoms with Crippen molar-refractivity contribution in [2.24, 2.45) is 5.92 Å². The predicted octanol–water partition coefficient (Wildman–Crippen LogP) is 7.27. The summed E-state index contributed by atoms with van der Waals surface area (Å²) >= 11 is 0. The molecule has 1 atom stereocenters. The second kappa shape index (κ2) is 20.2. The van der Waals surface area contributed by atoms with E-state index >= 15 is 0 Å². The SMILES string of the molecule is CCC=CCC=CCC=CCC=CCC=CCC=CCC(C)C(=O)OCC. The minimum Gasteiger partial charge on any atom is -0.466 e. The molecule has 0 radical (unpaired) electrons. The third-order valence-corrected chi connectivity index (χ3v) is 3.78. The van der Waals surface area contributed by atoms with Crippen molar-refractivity contribution in [3.8, 4) is 0 Å². The summed E-state index contributed by atoms with van der Waals surface area (Å²) in [5, 5.41) is 0. The summed E-state index contributed by atoms with van der Waals surface area (Å²) in [5.74, 6) is -0.174. The van der Waals surface area contributed by atoms with E-state index in [-0.39, 0.29) is 11.9 Å². The minimum absolute atomic E-state index is 0.0606. The lowest BCUT2D eigenvalue weighted by Crippen LogP contribution is -2.13. The van der Waals surface area contributed by atoms with Gasteiger partial charge >= 0.3 is 5.97 Å². The molecule has 0 saturated carbocycles. The van der Waals surface area contributed by atoms with Gasteiger partial charge in [0.05, 0.1) is 12.5 Å². The van der Waals surface area contributed by atoms with Crippen LogP contribution < -0.4 is 0 Å². The Kier molecular flexibility index (Phi) is 18.7. The van der Waals surface area contributed by atoms with Crippen LogP contribution in [0.25, 0.3) is 0 Å². The highest BCUT2D eigenvalue weighted by molar-refractivity contribution is 5.72. The number of rotatable bonds is 15. The van der Waals surface area contributed by atoms with Crippen LogP contribution >= 0.6 is 0 Å². The van der Waals surface area contributed by atoms with Gasteiger partial charge in [0.1, 0.15) is 0 Å². The van der Waals surface area contributed by atoms with Gasteiger partial charge in [-0.3, -0.25) is 4.79 Å². The molecule has 0 aliphatic rings. The zero-order valence-corrected chi connectivity index (χ0v) is 17.5. The number of carbonyl (C=O) groups excluding carboxylic acids is 1. The predicted molar refractivity (Wildman–Crippen MR) is 119 cm³/mol. The van der Waals surface area contributed by atoms with Crippen molar-refractivity contribution in [3.05, 3.63) is 72.9 Å². The molecule has 0 amide bonds. The molecule has 0 heterocycles. The van der Waals surface area contributed by atoms with Crippen LogP contribution in [-0.2, 0) is 9.53 Å². The zero-order valence-electron chi connectivity index (χ0n) is 17.5. The monoisotopic (exact) mass is 370 g/mol. The Morgan fingerprint density at radius 3 is 1.41 bits per heavy atom. The van der Waals surface area contributed by atoms with Gasteiger partial charge in [-0.2, -0.15) is 0 Å². The third-order valence-electron chi connectivity index (χ3n) is 3.78. The van der Waals surface area contributed by atoms with Gasteiger partial charge in [-0.1, -0.05) is 86.8 Å². The van der Waals surface area contributed by atoms with Crippen LogP contribution in [0.15, 0.2) is 72.9 Å². The standard InChI is InChI=1S/C25H38O2/c1-4-6-7-8-9-10-11-12-13-14-15-16-17-18-19-20-21-22-23-24(3)25(26)27-5-2/h6-7,9-10,12-13,15-16,18-19,21-22,24H,4-5,8,11,14,17,20,23H2,1-3H3. The van der Waals surface area contributed by atoms with Crippen molar-refractivity contribution in [2.45, 2.75) is 65.7 Å². The lowest BCUT2D eigenvalue weighted by Gasteiger charge is -2.06. The number of esters is 1. The molecule has 0 aromatic heterocycles. The van der Waals surface area contributed by atoms with E-state index in [0.29, 0.717) is 6.61 Å². The molecule has 0 fully saturated rings. The smallest absolute Gasteiger partial charge is 0.308 e. The highest BCUT2D eigenvalue weighted by Gasteiger charge is 2.10. The molecule has 0 rings (SSSR count). The molecule has 0 saturated heterocycles. The Morgan fingerprint density at radius 1 is 0.667 bits per heavy atom. The van der Waals surface area contributed by atoms with E-state index in [1.165, 1.54) is 0 Å². The van der Waals surface area contributed by atoms with Crippen molar-refractivity contribution >= 4 is 5.97 Å². The van der Waals surface area contributed by atoms with Crippen LogP contribution in [0.3, 0.4) is 0 Å². The maximum Gasteiger partial charge on any atom is 0.308 e. The van der Waals surface area contributed by atoms with Gasteiger partial charge in [0.2, 0.25) is 0 Å². The van der Waals surface area contributed by atoms with E-state index in [2.05, 4.69) is 79.8 Å². The van der Waals surface area contributed by atoms with E-state index in [4.69, 9.17) is 4.74 Å². The maximum atomic E-state index is 11.5. The molecular formula is C25H38O2. The Morgan fingerprint density at radius 2 is 1.04 bits per heavy atom. The largest absolute Gasteiger partial charge is 0.466 e. The van der Waals surface area contributed by atoms with Crippen LogP contribution in [0.5, 0.6) is 0 Å². The van der Waals surface area contributed by atoms with Crippen molar-refractivity contribution < 1.29 is 9.53 Å². The molecule has 2 heteroatoms. The number of allylic oxidation sites excluding steroid dienone is 12. The van der Waals surface area contributed by atoms with Gasteiger partial charge in [0, 0.05) is 0 Å². The summed E-state index contributed by atoms with van der Waals surface area (Å²) in [6, 6.07) is 0. The lowest BCUT2D eigenvalue weighted by molar-refractivity contribution is -0.147. The summed E-state index contributed by atoms with van der Waals surface area (Å²) in [6.07, 6.45) is 32.9. The van der Waals surface area contributed by atoms with Gasteiger partial charge in [-0.05, 0) is 51.9 Å². The summed E-state index contributed by atoms with van der Waals surface area (Å²) in [6.45, 7) is 6.34. The first-order valence-electron chi connectivity index (χ1n) is 10.3. The highest BCUT2D eigenvalue weighted by Crippen LogP contribution is 2.06. The van der Waals surface area contributed by atoms with Crippen LogP contribution in [0.4, 0.5) is 0 Å². The van der Waals surface area contributed by atoms with Gasteiger partial charge in [0.15, 0.2) is 0 Å². The molecule has 0 N–H and O–H groups in total. The quantitative estimate of drug-likeness (QED) is 0.224. The average Bonchev–Trinajstić information content (AvgIpc) is 2.67. The minimum atomic E-state index is -0.114. The first kappa shape index (κ1) is 24.9. The summed E-state index contributed by atoms with van der Waals surface area (Å²) in [7, 11) is 0. The summed E-state index contributed by atoms with van der Waals surface area (Å²) < 4.78 is 4.99. The Bertz CT molecular complexity index is 518. The van der Waals surface area contributed by atoms with E-state index in [9.17, 15) is 4.79 Å².